The van der Waals surface area contributed by atoms with Crippen LogP contribution in [0.4, 0.5) is 10.5 Å². The molecule has 2 aromatic rings. The lowest BCUT2D eigenvalue weighted by Gasteiger charge is -2.24. The number of aromatic nitrogens is 1. The van der Waals surface area contributed by atoms with Gasteiger partial charge < -0.3 is 15.0 Å². The monoisotopic (exact) mass is 347 g/mol. The van der Waals surface area contributed by atoms with Gasteiger partial charge in [-0.05, 0) is 44.8 Å². The molecule has 0 radical (unpaired) electrons. The van der Waals surface area contributed by atoms with Crippen LogP contribution < -0.4 is 5.32 Å². The van der Waals surface area contributed by atoms with Crippen molar-refractivity contribution in [3.63, 3.8) is 0 Å². The molecule has 1 fully saturated rings. The van der Waals surface area contributed by atoms with Crippen LogP contribution in [0, 0.1) is 5.92 Å². The third kappa shape index (κ3) is 3.67. The number of likely N-dealkylation sites (tertiary alicyclic amines) is 1. The molecule has 1 aliphatic heterocycles. The van der Waals surface area contributed by atoms with E-state index in [-0.39, 0.29) is 17.9 Å². The second kappa shape index (κ2) is 6.39. The second-order valence-corrected chi connectivity index (χ2v) is 7.75. The summed E-state index contributed by atoms with van der Waals surface area (Å²) >= 11 is 1.36. The van der Waals surface area contributed by atoms with Crippen molar-refractivity contribution in [2.45, 2.75) is 32.8 Å². The van der Waals surface area contributed by atoms with Crippen LogP contribution in [-0.2, 0) is 9.53 Å². The van der Waals surface area contributed by atoms with Gasteiger partial charge >= 0.3 is 6.09 Å². The molecule has 1 saturated heterocycles. The Morgan fingerprint density at radius 2 is 2.17 bits per heavy atom. The number of carbonyl (C=O) groups is 2. The van der Waals surface area contributed by atoms with Crippen molar-refractivity contribution >= 4 is 39.3 Å². The SMILES string of the molecule is CC(C)(C)OC(=O)N1CCC(C(=O)Nc2cccc3cnsc23)C1. The molecule has 1 unspecified atom stereocenters. The van der Waals surface area contributed by atoms with Gasteiger partial charge in [0, 0.05) is 24.7 Å². The minimum absolute atomic E-state index is 0.0676. The number of rotatable bonds is 2. The minimum atomic E-state index is -0.529. The molecule has 2 amide bonds. The number of hydrogen-bond acceptors (Lipinski definition) is 5. The highest BCUT2D eigenvalue weighted by atomic mass is 32.1. The fraction of sp³-hybridized carbons (Fsp3) is 0.471. The topological polar surface area (TPSA) is 71.5 Å². The predicted octanol–water partition coefficient (Wildman–Crippen LogP) is 3.49. The lowest BCUT2D eigenvalue weighted by atomic mass is 10.1. The fourth-order valence-corrected chi connectivity index (χ4v) is 3.41. The number of ether oxygens (including phenoxy) is 1. The highest BCUT2D eigenvalue weighted by molar-refractivity contribution is 7.14. The number of amides is 2. The molecule has 1 atom stereocenters. The first-order chi connectivity index (χ1) is 11.3. The molecule has 0 bridgehead atoms. The van der Waals surface area contributed by atoms with Crippen molar-refractivity contribution < 1.29 is 14.3 Å². The Kier molecular flexibility index (Phi) is 4.45. The lowest BCUT2D eigenvalue weighted by molar-refractivity contribution is -0.119. The molecule has 1 aromatic heterocycles. The van der Waals surface area contributed by atoms with Crippen LogP contribution in [0.3, 0.4) is 0 Å². The summed E-state index contributed by atoms with van der Waals surface area (Å²) in [7, 11) is 0. The minimum Gasteiger partial charge on any atom is -0.444 e. The number of carbonyl (C=O) groups excluding carboxylic acids is 2. The molecule has 2 heterocycles. The highest BCUT2D eigenvalue weighted by Crippen LogP contribution is 2.28. The van der Waals surface area contributed by atoms with Gasteiger partial charge in [-0.3, -0.25) is 4.79 Å². The number of nitrogens with zero attached hydrogens (tertiary/aromatic N) is 2. The zero-order valence-electron chi connectivity index (χ0n) is 14.0. The molecule has 7 heteroatoms. The molecule has 24 heavy (non-hydrogen) atoms. The Labute approximate surface area is 145 Å². The van der Waals surface area contributed by atoms with Crippen LogP contribution in [0.2, 0.25) is 0 Å². The van der Waals surface area contributed by atoms with Crippen molar-refractivity contribution in [1.29, 1.82) is 0 Å². The van der Waals surface area contributed by atoms with E-state index in [2.05, 4.69) is 9.69 Å². The number of fused-ring (bicyclic) bond motifs is 1. The molecular weight excluding hydrogens is 326 g/mol. The summed E-state index contributed by atoms with van der Waals surface area (Å²) < 4.78 is 10.5. The summed E-state index contributed by atoms with van der Waals surface area (Å²) in [5.41, 5.74) is 0.245. The number of nitrogens with one attached hydrogen (secondary N) is 1. The Bertz CT molecular complexity index is 766. The van der Waals surface area contributed by atoms with E-state index in [0.29, 0.717) is 19.5 Å². The standard InChI is InChI=1S/C17H21N3O3S/c1-17(2,3)23-16(22)20-8-7-12(10-20)15(21)19-13-6-4-5-11-9-18-24-14(11)13/h4-6,9,12H,7-8,10H2,1-3H3,(H,19,21). The van der Waals surface area contributed by atoms with Gasteiger partial charge in [-0.2, -0.15) is 4.37 Å². The van der Waals surface area contributed by atoms with Crippen LogP contribution in [0.15, 0.2) is 24.4 Å². The van der Waals surface area contributed by atoms with Crippen LogP contribution in [-0.4, -0.2) is 40.0 Å². The zero-order chi connectivity index (χ0) is 17.3. The number of hydrogen-bond donors (Lipinski definition) is 1. The first-order valence-electron chi connectivity index (χ1n) is 7.96. The van der Waals surface area contributed by atoms with E-state index in [0.717, 1.165) is 15.8 Å². The van der Waals surface area contributed by atoms with Gasteiger partial charge in [0.2, 0.25) is 5.91 Å². The molecule has 6 nitrogen and oxygen atoms in total. The average Bonchev–Trinajstić information content (AvgIpc) is 3.15. The Hall–Kier alpha value is -2.15. The van der Waals surface area contributed by atoms with Gasteiger partial charge in [0.25, 0.3) is 0 Å². The van der Waals surface area contributed by atoms with E-state index in [1.165, 1.54) is 11.5 Å². The first-order valence-corrected chi connectivity index (χ1v) is 8.73. The average molecular weight is 347 g/mol. The molecule has 128 valence electrons. The van der Waals surface area contributed by atoms with Crippen molar-refractivity contribution in [3.8, 4) is 0 Å². The van der Waals surface area contributed by atoms with Crippen molar-refractivity contribution in [3.05, 3.63) is 24.4 Å². The van der Waals surface area contributed by atoms with Crippen LogP contribution >= 0.6 is 11.5 Å². The molecule has 0 saturated carbocycles. The normalized spacial score (nSPS) is 18.0. The van der Waals surface area contributed by atoms with Crippen LogP contribution in [0.25, 0.3) is 10.1 Å². The quantitative estimate of drug-likeness (QED) is 0.902. The fourth-order valence-electron chi connectivity index (χ4n) is 2.69. The second-order valence-electron chi connectivity index (χ2n) is 6.95. The summed E-state index contributed by atoms with van der Waals surface area (Å²) in [6, 6.07) is 5.74. The van der Waals surface area contributed by atoms with E-state index in [1.54, 1.807) is 11.1 Å². The van der Waals surface area contributed by atoms with Crippen LogP contribution in [0.1, 0.15) is 27.2 Å². The van der Waals surface area contributed by atoms with Crippen molar-refractivity contribution in [1.82, 2.24) is 9.27 Å². The lowest BCUT2D eigenvalue weighted by Crippen LogP contribution is -2.36. The maximum absolute atomic E-state index is 12.5. The van der Waals surface area contributed by atoms with Crippen molar-refractivity contribution in [2.75, 3.05) is 18.4 Å². The maximum Gasteiger partial charge on any atom is 0.410 e. The summed E-state index contributed by atoms with van der Waals surface area (Å²) in [4.78, 5) is 26.2. The summed E-state index contributed by atoms with van der Waals surface area (Å²) in [5, 5.41) is 3.99. The number of anilines is 1. The van der Waals surface area contributed by atoms with Crippen LogP contribution in [0.5, 0.6) is 0 Å². The van der Waals surface area contributed by atoms with Gasteiger partial charge in [0.1, 0.15) is 5.60 Å². The van der Waals surface area contributed by atoms with E-state index in [4.69, 9.17) is 4.74 Å². The molecule has 3 rings (SSSR count). The molecule has 0 spiro atoms. The van der Waals surface area contributed by atoms with Gasteiger partial charge in [-0.1, -0.05) is 12.1 Å². The molecule has 1 aliphatic rings. The van der Waals surface area contributed by atoms with E-state index in [9.17, 15) is 9.59 Å². The smallest absolute Gasteiger partial charge is 0.410 e. The predicted molar refractivity (Wildman–Crippen MR) is 94.2 cm³/mol. The molecule has 1 N–H and O–H groups in total. The first kappa shape index (κ1) is 16.7. The number of benzene rings is 1. The Morgan fingerprint density at radius 1 is 1.38 bits per heavy atom. The van der Waals surface area contributed by atoms with E-state index >= 15 is 0 Å². The Balaban J connectivity index is 1.63. The van der Waals surface area contributed by atoms with E-state index in [1.807, 2.05) is 39.0 Å². The van der Waals surface area contributed by atoms with Gasteiger partial charge in [0.15, 0.2) is 0 Å². The molecular formula is C17H21N3O3S. The summed E-state index contributed by atoms with van der Waals surface area (Å²) in [5.74, 6) is -0.289. The largest absolute Gasteiger partial charge is 0.444 e. The molecule has 1 aromatic carbocycles. The van der Waals surface area contributed by atoms with E-state index < -0.39 is 5.60 Å². The third-order valence-electron chi connectivity index (χ3n) is 3.85. The summed E-state index contributed by atoms with van der Waals surface area (Å²) in [6.07, 6.45) is 2.07. The third-order valence-corrected chi connectivity index (χ3v) is 4.70. The van der Waals surface area contributed by atoms with Crippen molar-refractivity contribution in [2.24, 2.45) is 5.92 Å². The zero-order valence-corrected chi connectivity index (χ0v) is 14.9. The van der Waals surface area contributed by atoms with Gasteiger partial charge in [0.05, 0.1) is 16.3 Å². The van der Waals surface area contributed by atoms with Gasteiger partial charge in [-0.25, -0.2) is 4.79 Å². The maximum atomic E-state index is 12.5. The Morgan fingerprint density at radius 3 is 2.92 bits per heavy atom. The molecule has 0 aliphatic carbocycles. The highest BCUT2D eigenvalue weighted by Gasteiger charge is 2.33. The summed E-state index contributed by atoms with van der Waals surface area (Å²) in [6.45, 7) is 6.43. The van der Waals surface area contributed by atoms with Gasteiger partial charge in [-0.15, -0.1) is 0 Å².